The van der Waals surface area contributed by atoms with Gasteiger partial charge in [-0.3, -0.25) is 0 Å². The third kappa shape index (κ3) is 2.81. The van der Waals surface area contributed by atoms with Crippen molar-refractivity contribution in [1.82, 2.24) is 5.32 Å². The lowest BCUT2D eigenvalue weighted by molar-refractivity contribution is 0.471. The van der Waals surface area contributed by atoms with E-state index in [1.54, 1.807) is 0 Å². The second kappa shape index (κ2) is 5.09. The Bertz CT molecular complexity index is 379. The molecule has 1 aromatic carbocycles. The lowest BCUT2D eigenvalue weighted by Crippen LogP contribution is -2.51. The predicted molar refractivity (Wildman–Crippen MR) is 74.9 cm³/mol. The highest BCUT2D eigenvalue weighted by atomic mass is 15.1. The number of rotatable bonds is 4. The monoisotopic (exact) mass is 232 g/mol. The fourth-order valence-electron chi connectivity index (χ4n) is 2.16. The molecule has 1 fully saturated rings. The molecule has 0 amide bonds. The molecule has 2 nitrogen and oxygen atoms in total. The van der Waals surface area contributed by atoms with Crippen LogP contribution in [0.4, 0.5) is 5.69 Å². The molecule has 2 rings (SSSR count). The topological polar surface area (TPSA) is 24.1 Å². The molecule has 0 bridgehead atoms. The van der Waals surface area contributed by atoms with Crippen LogP contribution >= 0.6 is 0 Å². The molecule has 2 N–H and O–H groups in total. The zero-order valence-corrected chi connectivity index (χ0v) is 11.4. The molecule has 1 heterocycles. The molecule has 2 heteroatoms. The van der Waals surface area contributed by atoms with Crippen LogP contribution in [0.2, 0.25) is 0 Å². The minimum Gasteiger partial charge on any atom is -0.380 e. The molecular formula is C15H24N2. The summed E-state index contributed by atoms with van der Waals surface area (Å²) in [5, 5.41) is 6.93. The van der Waals surface area contributed by atoms with Crippen LogP contribution in [0.25, 0.3) is 0 Å². The van der Waals surface area contributed by atoms with E-state index >= 15 is 0 Å². The minimum atomic E-state index is 0.573. The Labute approximate surface area is 105 Å². The normalized spacial score (nSPS) is 16.4. The zero-order chi connectivity index (χ0) is 12.4. The van der Waals surface area contributed by atoms with Gasteiger partial charge < -0.3 is 10.6 Å². The van der Waals surface area contributed by atoms with Crippen molar-refractivity contribution in [2.45, 2.75) is 45.6 Å². The van der Waals surface area contributed by atoms with Gasteiger partial charge in [0, 0.05) is 18.8 Å². The van der Waals surface area contributed by atoms with Crippen LogP contribution in [0.5, 0.6) is 0 Å². The van der Waals surface area contributed by atoms with Gasteiger partial charge in [0.2, 0.25) is 0 Å². The van der Waals surface area contributed by atoms with Gasteiger partial charge in [-0.2, -0.15) is 0 Å². The average Bonchev–Trinajstić information content (AvgIpc) is 2.23. The Morgan fingerprint density at radius 2 is 1.82 bits per heavy atom. The quantitative estimate of drug-likeness (QED) is 0.832. The van der Waals surface area contributed by atoms with Gasteiger partial charge in [-0.15, -0.1) is 0 Å². The lowest BCUT2D eigenvalue weighted by atomic mass is 9.93. The highest BCUT2D eigenvalue weighted by Crippen LogP contribution is 2.29. The first-order valence-corrected chi connectivity index (χ1v) is 6.69. The van der Waals surface area contributed by atoms with E-state index in [9.17, 15) is 0 Å². The summed E-state index contributed by atoms with van der Waals surface area (Å²) in [6.45, 7) is 11.2. The van der Waals surface area contributed by atoms with E-state index < -0.39 is 0 Å². The Kier molecular flexibility index (Phi) is 3.72. The molecule has 1 aliphatic heterocycles. The highest BCUT2D eigenvalue weighted by molar-refractivity contribution is 5.55. The standard InChI is InChI=1S/C15H24N2/c1-10(2)12-5-6-15(14(7-12)11(3)4)17-13-8-16-9-13/h5-7,10-11,13,16-17H,8-9H2,1-4H3. The smallest absolute Gasteiger partial charge is 0.0510 e. The maximum atomic E-state index is 3.63. The summed E-state index contributed by atoms with van der Waals surface area (Å²) in [4.78, 5) is 0. The maximum absolute atomic E-state index is 3.63. The number of benzene rings is 1. The van der Waals surface area contributed by atoms with Gasteiger partial charge in [-0.1, -0.05) is 39.8 Å². The molecule has 0 saturated carbocycles. The van der Waals surface area contributed by atoms with Crippen LogP contribution in [0.3, 0.4) is 0 Å². The Hall–Kier alpha value is -1.02. The average molecular weight is 232 g/mol. The van der Waals surface area contributed by atoms with E-state index in [0.717, 1.165) is 13.1 Å². The van der Waals surface area contributed by atoms with Crippen LogP contribution in [0.15, 0.2) is 18.2 Å². The van der Waals surface area contributed by atoms with Crippen LogP contribution in [-0.4, -0.2) is 19.1 Å². The molecule has 94 valence electrons. The molecule has 0 unspecified atom stereocenters. The summed E-state index contributed by atoms with van der Waals surface area (Å²) in [6, 6.07) is 7.48. The van der Waals surface area contributed by atoms with Crippen molar-refractivity contribution in [3.05, 3.63) is 29.3 Å². The molecule has 17 heavy (non-hydrogen) atoms. The van der Waals surface area contributed by atoms with Crippen LogP contribution in [0.1, 0.15) is 50.7 Å². The van der Waals surface area contributed by atoms with E-state index in [1.807, 2.05) is 0 Å². The molecule has 0 spiro atoms. The summed E-state index contributed by atoms with van der Waals surface area (Å²) in [5.41, 5.74) is 4.20. The van der Waals surface area contributed by atoms with E-state index in [-0.39, 0.29) is 0 Å². The third-order valence-corrected chi connectivity index (χ3v) is 3.51. The van der Waals surface area contributed by atoms with E-state index in [2.05, 4.69) is 56.5 Å². The first-order valence-electron chi connectivity index (χ1n) is 6.69. The first-order chi connectivity index (χ1) is 8.08. The van der Waals surface area contributed by atoms with Gasteiger partial charge in [0.25, 0.3) is 0 Å². The third-order valence-electron chi connectivity index (χ3n) is 3.51. The summed E-state index contributed by atoms with van der Waals surface area (Å²) < 4.78 is 0. The molecular weight excluding hydrogens is 208 g/mol. The van der Waals surface area contributed by atoms with Crippen LogP contribution in [-0.2, 0) is 0 Å². The van der Waals surface area contributed by atoms with Gasteiger partial charge in [0.15, 0.2) is 0 Å². The summed E-state index contributed by atoms with van der Waals surface area (Å²) >= 11 is 0. The van der Waals surface area contributed by atoms with Crippen molar-refractivity contribution in [2.75, 3.05) is 18.4 Å². The van der Waals surface area contributed by atoms with Crippen molar-refractivity contribution in [2.24, 2.45) is 0 Å². The van der Waals surface area contributed by atoms with Gasteiger partial charge in [0.05, 0.1) is 6.04 Å². The summed E-state index contributed by atoms with van der Waals surface area (Å²) in [6.07, 6.45) is 0. The highest BCUT2D eigenvalue weighted by Gasteiger charge is 2.18. The fourth-order valence-corrected chi connectivity index (χ4v) is 2.16. The summed E-state index contributed by atoms with van der Waals surface area (Å²) in [5.74, 6) is 1.18. The van der Waals surface area contributed by atoms with Gasteiger partial charge in [-0.25, -0.2) is 0 Å². The second-order valence-electron chi connectivity index (χ2n) is 5.66. The molecule has 1 aromatic rings. The number of hydrogen-bond acceptors (Lipinski definition) is 2. The van der Waals surface area contributed by atoms with Gasteiger partial charge in [0.1, 0.15) is 0 Å². The van der Waals surface area contributed by atoms with Gasteiger partial charge >= 0.3 is 0 Å². The van der Waals surface area contributed by atoms with Crippen molar-refractivity contribution < 1.29 is 0 Å². The van der Waals surface area contributed by atoms with Crippen molar-refractivity contribution in [3.63, 3.8) is 0 Å². The molecule has 1 saturated heterocycles. The SMILES string of the molecule is CC(C)c1ccc(NC2CNC2)c(C(C)C)c1. The van der Waals surface area contributed by atoms with Crippen molar-refractivity contribution in [1.29, 1.82) is 0 Å². The van der Waals surface area contributed by atoms with E-state index in [4.69, 9.17) is 0 Å². The molecule has 0 aromatic heterocycles. The lowest BCUT2D eigenvalue weighted by Gasteiger charge is -2.30. The molecule has 0 aliphatic carbocycles. The molecule has 1 aliphatic rings. The Balaban J connectivity index is 2.23. The number of hydrogen-bond donors (Lipinski definition) is 2. The molecule has 0 radical (unpaired) electrons. The van der Waals surface area contributed by atoms with Crippen molar-refractivity contribution in [3.8, 4) is 0 Å². The van der Waals surface area contributed by atoms with Crippen LogP contribution < -0.4 is 10.6 Å². The maximum Gasteiger partial charge on any atom is 0.0510 e. The molecule has 0 atom stereocenters. The van der Waals surface area contributed by atoms with Crippen LogP contribution in [0, 0.1) is 0 Å². The van der Waals surface area contributed by atoms with E-state index in [0.29, 0.717) is 17.9 Å². The number of nitrogens with one attached hydrogen (secondary N) is 2. The summed E-state index contributed by atoms with van der Waals surface area (Å²) in [7, 11) is 0. The van der Waals surface area contributed by atoms with Crippen molar-refractivity contribution >= 4 is 5.69 Å². The fraction of sp³-hybridized carbons (Fsp3) is 0.600. The first kappa shape index (κ1) is 12.4. The second-order valence-corrected chi connectivity index (χ2v) is 5.66. The predicted octanol–water partition coefficient (Wildman–Crippen LogP) is 3.32. The van der Waals surface area contributed by atoms with E-state index in [1.165, 1.54) is 16.8 Å². The Morgan fingerprint density at radius 1 is 1.12 bits per heavy atom. The Morgan fingerprint density at radius 3 is 2.29 bits per heavy atom. The zero-order valence-electron chi connectivity index (χ0n) is 11.4. The minimum absolute atomic E-state index is 0.573. The van der Waals surface area contributed by atoms with Gasteiger partial charge in [-0.05, 0) is 29.0 Å². The largest absolute Gasteiger partial charge is 0.380 e. The number of anilines is 1.